The third-order valence-corrected chi connectivity index (χ3v) is 5.43. The summed E-state index contributed by atoms with van der Waals surface area (Å²) >= 11 is 0. The number of nitriles is 1. The van der Waals surface area contributed by atoms with Crippen molar-refractivity contribution in [3.63, 3.8) is 0 Å². The van der Waals surface area contributed by atoms with Crippen LogP contribution in [-0.2, 0) is 4.74 Å². The largest absolute Gasteiger partial charge is 0.393 e. The van der Waals surface area contributed by atoms with Gasteiger partial charge < -0.3 is 20.1 Å². The standard InChI is InChI=1S/C13H21NO2.C7H16O2/c14-8-2-4-11(15)6-7-13-10-3-1-5-12(9-10)16-13;1-3-5-6-7(8,9)4-2/h10-13,15H,1-7,9H2;8-9H,3-6H2,1-2H3/t10-,11+,12+,13+;/m1./s1. The average Bonchev–Trinajstić information content (AvgIpc) is 2.90. The van der Waals surface area contributed by atoms with E-state index in [0.29, 0.717) is 37.9 Å². The highest BCUT2D eigenvalue weighted by Crippen LogP contribution is 2.39. The first-order valence-electron chi connectivity index (χ1n) is 10.1. The van der Waals surface area contributed by atoms with Crippen molar-refractivity contribution in [2.75, 3.05) is 0 Å². The molecule has 2 bridgehead atoms. The van der Waals surface area contributed by atoms with E-state index in [-0.39, 0.29) is 6.10 Å². The van der Waals surface area contributed by atoms with Crippen LogP contribution in [0.25, 0.3) is 0 Å². The second-order valence-electron chi connectivity index (χ2n) is 7.59. The molecule has 1 saturated carbocycles. The van der Waals surface area contributed by atoms with Crippen molar-refractivity contribution in [3.8, 4) is 6.07 Å². The zero-order valence-electron chi connectivity index (χ0n) is 16.0. The zero-order valence-corrected chi connectivity index (χ0v) is 16.0. The van der Waals surface area contributed by atoms with Crippen molar-refractivity contribution in [3.05, 3.63) is 0 Å². The molecule has 0 spiro atoms. The fourth-order valence-electron chi connectivity index (χ4n) is 3.67. The number of fused-ring (bicyclic) bond motifs is 2. The highest BCUT2D eigenvalue weighted by molar-refractivity contribution is 4.87. The number of ether oxygens (including phenoxy) is 1. The highest BCUT2D eigenvalue weighted by Gasteiger charge is 2.37. The van der Waals surface area contributed by atoms with Crippen molar-refractivity contribution in [2.45, 2.75) is 115 Å². The topological polar surface area (TPSA) is 93.7 Å². The van der Waals surface area contributed by atoms with Gasteiger partial charge in [-0.3, -0.25) is 0 Å². The maximum atomic E-state index is 9.67. The predicted molar refractivity (Wildman–Crippen MR) is 97.7 cm³/mol. The molecule has 3 N–H and O–H groups in total. The molecule has 2 fully saturated rings. The quantitative estimate of drug-likeness (QED) is 0.549. The van der Waals surface area contributed by atoms with Gasteiger partial charge in [0.2, 0.25) is 0 Å². The molecule has 4 atom stereocenters. The number of hydrogen-bond acceptors (Lipinski definition) is 5. The maximum absolute atomic E-state index is 9.67. The number of unbranched alkanes of at least 4 members (excludes halogenated alkanes) is 1. The molecule has 1 aliphatic carbocycles. The van der Waals surface area contributed by atoms with E-state index < -0.39 is 5.79 Å². The first kappa shape index (κ1) is 22.4. The van der Waals surface area contributed by atoms with Crippen molar-refractivity contribution in [1.29, 1.82) is 5.26 Å². The first-order valence-corrected chi connectivity index (χ1v) is 10.1. The predicted octanol–water partition coefficient (Wildman–Crippen LogP) is 3.66. The Hall–Kier alpha value is -0.670. The minimum atomic E-state index is -1.41. The van der Waals surface area contributed by atoms with Crippen molar-refractivity contribution >= 4 is 0 Å². The van der Waals surface area contributed by atoms with Crippen LogP contribution in [0.3, 0.4) is 0 Å². The van der Waals surface area contributed by atoms with E-state index in [0.717, 1.165) is 31.6 Å². The molecule has 0 unspecified atom stereocenters. The molecule has 0 radical (unpaired) electrons. The lowest BCUT2D eigenvalue weighted by Crippen LogP contribution is -2.26. The summed E-state index contributed by atoms with van der Waals surface area (Å²) in [4.78, 5) is 0. The lowest BCUT2D eigenvalue weighted by atomic mass is 9.85. The summed E-state index contributed by atoms with van der Waals surface area (Å²) in [6, 6.07) is 2.07. The van der Waals surface area contributed by atoms with Crippen LogP contribution in [0.4, 0.5) is 0 Å². The van der Waals surface area contributed by atoms with Crippen LogP contribution < -0.4 is 0 Å². The van der Waals surface area contributed by atoms with Crippen LogP contribution in [0.2, 0.25) is 0 Å². The monoisotopic (exact) mass is 355 g/mol. The third-order valence-electron chi connectivity index (χ3n) is 5.43. The Morgan fingerprint density at radius 3 is 2.60 bits per heavy atom. The summed E-state index contributed by atoms with van der Waals surface area (Å²) in [5.74, 6) is -0.669. The number of rotatable bonds is 9. The number of hydrogen-bond donors (Lipinski definition) is 3. The van der Waals surface area contributed by atoms with E-state index in [9.17, 15) is 5.11 Å². The van der Waals surface area contributed by atoms with Crippen LogP contribution in [0.5, 0.6) is 0 Å². The fraction of sp³-hybridized carbons (Fsp3) is 0.950. The van der Waals surface area contributed by atoms with Crippen LogP contribution in [-0.4, -0.2) is 39.4 Å². The SMILES string of the molecule is CCCCC(O)(O)CC.N#CCC[C@H](O)CC[C@@H]1O[C@H]2CCC[C@@H]1C2. The molecule has 5 heteroatoms. The molecule has 1 saturated heterocycles. The van der Waals surface area contributed by atoms with E-state index in [1.807, 2.05) is 6.92 Å². The maximum Gasteiger partial charge on any atom is 0.162 e. The number of aliphatic hydroxyl groups excluding tert-OH is 1. The van der Waals surface area contributed by atoms with Crippen LogP contribution >= 0.6 is 0 Å². The van der Waals surface area contributed by atoms with Crippen LogP contribution in [0.15, 0.2) is 0 Å². The Morgan fingerprint density at radius 1 is 1.24 bits per heavy atom. The number of nitrogens with zero attached hydrogens (tertiary/aromatic N) is 1. The van der Waals surface area contributed by atoms with E-state index in [1.54, 1.807) is 6.92 Å². The van der Waals surface area contributed by atoms with Crippen LogP contribution in [0.1, 0.15) is 90.9 Å². The van der Waals surface area contributed by atoms with Gasteiger partial charge in [0.1, 0.15) is 0 Å². The molecule has 1 heterocycles. The van der Waals surface area contributed by atoms with E-state index in [2.05, 4.69) is 6.07 Å². The molecule has 146 valence electrons. The molecule has 1 aliphatic heterocycles. The smallest absolute Gasteiger partial charge is 0.162 e. The van der Waals surface area contributed by atoms with Crippen LogP contribution in [0, 0.1) is 17.2 Å². The van der Waals surface area contributed by atoms with Gasteiger partial charge in [0, 0.05) is 12.8 Å². The van der Waals surface area contributed by atoms with Gasteiger partial charge in [-0.05, 0) is 57.3 Å². The fourth-order valence-corrected chi connectivity index (χ4v) is 3.67. The van der Waals surface area contributed by atoms with Gasteiger partial charge in [-0.2, -0.15) is 5.26 Å². The molecule has 2 aliphatic rings. The second-order valence-corrected chi connectivity index (χ2v) is 7.59. The van der Waals surface area contributed by atoms with Gasteiger partial charge in [0.25, 0.3) is 0 Å². The Balaban J connectivity index is 0.000000299. The third kappa shape index (κ3) is 9.01. The molecule has 0 aromatic heterocycles. The number of aliphatic hydroxyl groups is 3. The molecular formula is C20H37NO4. The molecule has 0 aromatic rings. The molecule has 25 heavy (non-hydrogen) atoms. The molecule has 2 rings (SSSR count). The minimum absolute atomic E-state index is 0.316. The summed E-state index contributed by atoms with van der Waals surface area (Å²) in [6.45, 7) is 3.81. The second kappa shape index (κ2) is 11.9. The van der Waals surface area contributed by atoms with E-state index in [4.69, 9.17) is 20.2 Å². The summed E-state index contributed by atoms with van der Waals surface area (Å²) in [6.07, 6.45) is 11.3. The Labute approximate surface area is 153 Å². The lowest BCUT2D eigenvalue weighted by molar-refractivity contribution is -0.167. The lowest BCUT2D eigenvalue weighted by Gasteiger charge is -2.19. The Kier molecular flexibility index (Phi) is 10.6. The molecule has 0 aromatic carbocycles. The molecule has 5 nitrogen and oxygen atoms in total. The summed E-state index contributed by atoms with van der Waals surface area (Å²) in [5, 5.41) is 36.1. The minimum Gasteiger partial charge on any atom is -0.393 e. The zero-order chi connectivity index (χ0) is 18.7. The molecule has 0 amide bonds. The van der Waals surface area contributed by atoms with Gasteiger partial charge >= 0.3 is 0 Å². The summed E-state index contributed by atoms with van der Waals surface area (Å²) < 4.78 is 5.96. The average molecular weight is 356 g/mol. The summed E-state index contributed by atoms with van der Waals surface area (Å²) in [5.41, 5.74) is 0. The van der Waals surface area contributed by atoms with Gasteiger partial charge in [0.05, 0.1) is 24.4 Å². The van der Waals surface area contributed by atoms with Gasteiger partial charge in [0.15, 0.2) is 5.79 Å². The van der Waals surface area contributed by atoms with Crippen molar-refractivity contribution < 1.29 is 20.1 Å². The highest BCUT2D eigenvalue weighted by atomic mass is 16.5. The Morgan fingerprint density at radius 2 is 2.00 bits per heavy atom. The molecular weight excluding hydrogens is 318 g/mol. The van der Waals surface area contributed by atoms with Gasteiger partial charge in [-0.1, -0.05) is 26.7 Å². The Bertz CT molecular complexity index is 394. The van der Waals surface area contributed by atoms with Crippen molar-refractivity contribution in [2.24, 2.45) is 5.92 Å². The van der Waals surface area contributed by atoms with E-state index in [1.165, 1.54) is 25.7 Å². The van der Waals surface area contributed by atoms with Gasteiger partial charge in [-0.25, -0.2) is 0 Å². The first-order chi connectivity index (χ1) is 11.9. The van der Waals surface area contributed by atoms with Gasteiger partial charge in [-0.15, -0.1) is 0 Å². The normalized spacial score (nSPS) is 26.5. The van der Waals surface area contributed by atoms with Crippen molar-refractivity contribution in [1.82, 2.24) is 0 Å². The summed E-state index contributed by atoms with van der Waals surface area (Å²) in [7, 11) is 0. The van der Waals surface area contributed by atoms with E-state index >= 15 is 0 Å².